The van der Waals surface area contributed by atoms with Crippen molar-refractivity contribution in [1.29, 1.82) is 0 Å². The van der Waals surface area contributed by atoms with Crippen molar-refractivity contribution in [3.63, 3.8) is 0 Å². The van der Waals surface area contributed by atoms with Gasteiger partial charge in [0.2, 0.25) is 5.91 Å². The second kappa shape index (κ2) is 6.24. The van der Waals surface area contributed by atoms with Crippen LogP contribution in [0, 0.1) is 11.8 Å². The van der Waals surface area contributed by atoms with Gasteiger partial charge >= 0.3 is 5.97 Å². The molecule has 1 fully saturated rings. The number of rotatable bonds is 5. The normalized spacial score (nSPS) is 21.3. The van der Waals surface area contributed by atoms with Gasteiger partial charge in [-0.25, -0.2) is 4.68 Å². The van der Waals surface area contributed by atoms with Crippen LogP contribution in [-0.2, 0) is 9.59 Å². The number of aromatic nitrogens is 2. The maximum absolute atomic E-state index is 12.2. The van der Waals surface area contributed by atoms with Crippen molar-refractivity contribution in [2.45, 2.75) is 25.8 Å². The smallest absolute Gasteiger partial charge is 0.307 e. The molecule has 3 rings (SSSR count). The van der Waals surface area contributed by atoms with Gasteiger partial charge in [-0.15, -0.1) is 0 Å². The molecule has 6 nitrogen and oxygen atoms in total. The van der Waals surface area contributed by atoms with Crippen LogP contribution in [0.3, 0.4) is 0 Å². The molecule has 1 amide bonds. The van der Waals surface area contributed by atoms with Gasteiger partial charge in [0.25, 0.3) is 0 Å². The molecule has 6 heteroatoms. The summed E-state index contributed by atoms with van der Waals surface area (Å²) in [6, 6.07) is 9.42. The molecule has 23 heavy (non-hydrogen) atoms. The number of hydrogen-bond donors (Lipinski definition) is 2. The molecular formula is C17H19N3O3. The van der Waals surface area contributed by atoms with Gasteiger partial charge in [0, 0.05) is 12.4 Å². The second-order valence-electron chi connectivity index (χ2n) is 5.90. The van der Waals surface area contributed by atoms with Crippen LogP contribution in [-0.4, -0.2) is 26.8 Å². The summed E-state index contributed by atoms with van der Waals surface area (Å²) in [5.74, 6) is -2.02. The number of carbonyl (C=O) groups is 2. The van der Waals surface area contributed by atoms with Gasteiger partial charge in [-0.05, 0) is 43.5 Å². The van der Waals surface area contributed by atoms with Crippen molar-refractivity contribution < 1.29 is 14.7 Å². The Kier molecular flexibility index (Phi) is 4.14. The first-order valence-electron chi connectivity index (χ1n) is 7.69. The molecule has 3 atom stereocenters. The standard InChI is InChI=1S/C17H19N3O3/c1-11(19-16(21)14-6-7-15(14)17(22)23)12-4-2-5-13(10-12)20-9-3-8-18-20/h2-5,8-11,14-15H,6-7H2,1H3,(H,19,21)(H,22,23). The van der Waals surface area contributed by atoms with E-state index >= 15 is 0 Å². The Bertz CT molecular complexity index is 712. The highest BCUT2D eigenvalue weighted by molar-refractivity contribution is 5.86. The molecule has 1 heterocycles. The SMILES string of the molecule is CC(NC(=O)C1CCC1C(=O)O)c1cccc(-n2cccn2)c1. The van der Waals surface area contributed by atoms with E-state index in [9.17, 15) is 9.59 Å². The first-order chi connectivity index (χ1) is 11.1. The average molecular weight is 313 g/mol. The van der Waals surface area contributed by atoms with Crippen LogP contribution in [0.2, 0.25) is 0 Å². The first kappa shape index (κ1) is 15.3. The van der Waals surface area contributed by atoms with Gasteiger partial charge in [0.1, 0.15) is 0 Å². The largest absolute Gasteiger partial charge is 0.481 e. The fourth-order valence-electron chi connectivity index (χ4n) is 2.87. The third kappa shape index (κ3) is 3.11. The van der Waals surface area contributed by atoms with Gasteiger partial charge < -0.3 is 10.4 Å². The molecule has 1 aliphatic rings. The second-order valence-corrected chi connectivity index (χ2v) is 5.90. The molecule has 120 valence electrons. The molecule has 0 spiro atoms. The lowest BCUT2D eigenvalue weighted by Crippen LogP contribution is -2.44. The number of amides is 1. The lowest BCUT2D eigenvalue weighted by atomic mass is 9.73. The zero-order valence-electron chi connectivity index (χ0n) is 12.8. The topological polar surface area (TPSA) is 84.2 Å². The van der Waals surface area contributed by atoms with Crippen molar-refractivity contribution in [1.82, 2.24) is 15.1 Å². The molecule has 0 radical (unpaired) electrons. The number of nitrogens with zero attached hydrogens (tertiary/aromatic N) is 2. The fraction of sp³-hybridized carbons (Fsp3) is 0.353. The lowest BCUT2D eigenvalue weighted by molar-refractivity contribution is -0.152. The van der Waals surface area contributed by atoms with Crippen LogP contribution in [0.25, 0.3) is 5.69 Å². The van der Waals surface area contributed by atoms with E-state index in [-0.39, 0.29) is 11.9 Å². The van der Waals surface area contributed by atoms with E-state index in [1.165, 1.54) is 0 Å². The molecule has 1 aromatic carbocycles. The quantitative estimate of drug-likeness (QED) is 0.886. The molecule has 1 aromatic heterocycles. The Morgan fingerprint density at radius 2 is 2.09 bits per heavy atom. The minimum atomic E-state index is -0.885. The number of carboxylic acids is 1. The number of carboxylic acid groups (broad SMARTS) is 1. The number of carbonyl (C=O) groups excluding carboxylic acids is 1. The van der Waals surface area contributed by atoms with Crippen LogP contribution in [0.5, 0.6) is 0 Å². The summed E-state index contributed by atoms with van der Waals surface area (Å²) in [5.41, 5.74) is 1.87. The molecule has 0 saturated heterocycles. The summed E-state index contributed by atoms with van der Waals surface area (Å²) < 4.78 is 1.75. The zero-order valence-corrected chi connectivity index (χ0v) is 12.8. The fourth-order valence-corrected chi connectivity index (χ4v) is 2.87. The molecule has 1 aliphatic carbocycles. The summed E-state index contributed by atoms with van der Waals surface area (Å²) in [5, 5.41) is 16.2. The minimum absolute atomic E-state index is 0.180. The van der Waals surface area contributed by atoms with E-state index in [1.54, 1.807) is 10.9 Å². The number of hydrogen-bond acceptors (Lipinski definition) is 3. The molecule has 3 unspecified atom stereocenters. The summed E-state index contributed by atoms with van der Waals surface area (Å²) in [7, 11) is 0. The van der Waals surface area contributed by atoms with Crippen molar-refractivity contribution in [2.75, 3.05) is 0 Å². The predicted molar refractivity (Wildman–Crippen MR) is 84.0 cm³/mol. The number of aliphatic carboxylic acids is 1. The van der Waals surface area contributed by atoms with Gasteiger partial charge in [0.15, 0.2) is 0 Å². The molecule has 0 aliphatic heterocycles. The average Bonchev–Trinajstić information content (AvgIpc) is 2.99. The monoisotopic (exact) mass is 313 g/mol. The van der Waals surface area contributed by atoms with Crippen LogP contribution in [0.15, 0.2) is 42.7 Å². The summed E-state index contributed by atoms with van der Waals surface area (Å²) in [6.45, 7) is 1.90. The van der Waals surface area contributed by atoms with Crippen LogP contribution < -0.4 is 5.32 Å². The van der Waals surface area contributed by atoms with Crippen molar-refractivity contribution in [3.8, 4) is 5.69 Å². The number of benzene rings is 1. The Morgan fingerprint density at radius 3 is 2.70 bits per heavy atom. The van der Waals surface area contributed by atoms with Crippen molar-refractivity contribution in [3.05, 3.63) is 48.3 Å². The Balaban J connectivity index is 1.69. The highest BCUT2D eigenvalue weighted by Gasteiger charge is 2.41. The van der Waals surface area contributed by atoms with Crippen LogP contribution in [0.4, 0.5) is 0 Å². The number of nitrogens with one attached hydrogen (secondary N) is 1. The van der Waals surface area contributed by atoms with Crippen molar-refractivity contribution >= 4 is 11.9 Å². The zero-order chi connectivity index (χ0) is 16.4. The van der Waals surface area contributed by atoms with Crippen LogP contribution in [0.1, 0.15) is 31.4 Å². The maximum atomic E-state index is 12.2. The molecule has 2 aromatic rings. The van der Waals surface area contributed by atoms with Crippen molar-refractivity contribution in [2.24, 2.45) is 11.8 Å². The summed E-state index contributed by atoms with van der Waals surface area (Å²) in [6.07, 6.45) is 4.79. The van der Waals surface area contributed by atoms with Crippen LogP contribution >= 0.6 is 0 Å². The third-order valence-corrected chi connectivity index (χ3v) is 4.43. The Morgan fingerprint density at radius 1 is 1.30 bits per heavy atom. The van der Waals surface area contributed by atoms with Gasteiger partial charge in [0.05, 0.1) is 23.6 Å². The highest BCUT2D eigenvalue weighted by atomic mass is 16.4. The minimum Gasteiger partial charge on any atom is -0.481 e. The first-order valence-corrected chi connectivity index (χ1v) is 7.69. The molecule has 1 saturated carbocycles. The van der Waals surface area contributed by atoms with E-state index in [0.29, 0.717) is 12.8 Å². The van der Waals surface area contributed by atoms with E-state index < -0.39 is 17.8 Å². The van der Waals surface area contributed by atoms with Gasteiger partial charge in [-0.1, -0.05) is 12.1 Å². The summed E-state index contributed by atoms with van der Waals surface area (Å²) in [4.78, 5) is 23.3. The summed E-state index contributed by atoms with van der Waals surface area (Å²) >= 11 is 0. The Labute approximate surface area is 134 Å². The predicted octanol–water partition coefficient (Wildman–Crippen LogP) is 2.16. The van der Waals surface area contributed by atoms with E-state index in [2.05, 4.69) is 10.4 Å². The van der Waals surface area contributed by atoms with Gasteiger partial charge in [-0.3, -0.25) is 9.59 Å². The lowest BCUT2D eigenvalue weighted by Gasteiger charge is -2.33. The Hall–Kier alpha value is -2.63. The van der Waals surface area contributed by atoms with E-state index in [0.717, 1.165) is 11.3 Å². The maximum Gasteiger partial charge on any atom is 0.307 e. The van der Waals surface area contributed by atoms with Gasteiger partial charge in [-0.2, -0.15) is 5.10 Å². The molecule has 0 bridgehead atoms. The molecular weight excluding hydrogens is 294 g/mol. The third-order valence-electron chi connectivity index (χ3n) is 4.43. The molecule has 2 N–H and O–H groups in total. The highest BCUT2D eigenvalue weighted by Crippen LogP contribution is 2.35. The van der Waals surface area contributed by atoms with E-state index in [4.69, 9.17) is 5.11 Å². The van der Waals surface area contributed by atoms with E-state index in [1.807, 2.05) is 43.5 Å².